The number of nitrogens with zero attached hydrogens (tertiary/aromatic N) is 3. The number of fused-ring (bicyclic) bond motifs is 1. The molecule has 1 unspecified atom stereocenters. The van der Waals surface area contributed by atoms with Gasteiger partial charge in [-0.25, -0.2) is 8.42 Å². The van der Waals surface area contributed by atoms with Gasteiger partial charge in [-0.15, -0.1) is 11.3 Å². The van der Waals surface area contributed by atoms with E-state index in [-0.39, 0.29) is 16.7 Å². The van der Waals surface area contributed by atoms with E-state index in [1.54, 1.807) is 17.0 Å². The minimum Gasteiger partial charge on any atom is -0.339 e. The van der Waals surface area contributed by atoms with Crippen molar-refractivity contribution < 1.29 is 18.0 Å². The Morgan fingerprint density at radius 3 is 2.42 bits per heavy atom. The summed E-state index contributed by atoms with van der Waals surface area (Å²) < 4.78 is 27.8. The highest BCUT2D eigenvalue weighted by Gasteiger charge is 2.32. The lowest BCUT2D eigenvalue weighted by molar-refractivity contribution is 0.0772. The molecule has 208 valence electrons. The fourth-order valence-electron chi connectivity index (χ4n) is 5.31. The largest absolute Gasteiger partial charge is 0.339 e. The molecule has 2 aromatic rings. The molecule has 0 saturated carbocycles. The number of hydrogen-bond acceptors (Lipinski definition) is 6. The number of carbonyl (C=O) groups is 2. The molecular formula is C28H40N4O4S2. The third-order valence-corrected chi connectivity index (χ3v) is 10.7. The van der Waals surface area contributed by atoms with Gasteiger partial charge in [-0.2, -0.15) is 4.31 Å². The van der Waals surface area contributed by atoms with E-state index in [9.17, 15) is 18.0 Å². The number of nitrogens with one attached hydrogen (secondary N) is 1. The summed E-state index contributed by atoms with van der Waals surface area (Å²) in [6.45, 7) is 14.2. The van der Waals surface area contributed by atoms with Crippen LogP contribution in [0.3, 0.4) is 0 Å². The van der Waals surface area contributed by atoms with Gasteiger partial charge in [-0.3, -0.25) is 14.5 Å². The molecule has 2 amide bonds. The zero-order valence-electron chi connectivity index (χ0n) is 23.1. The summed E-state index contributed by atoms with van der Waals surface area (Å²) in [5, 5.41) is 3.56. The molecule has 0 radical (unpaired) electrons. The van der Waals surface area contributed by atoms with Crippen LogP contribution >= 0.6 is 11.3 Å². The summed E-state index contributed by atoms with van der Waals surface area (Å²) >= 11 is 1.48. The van der Waals surface area contributed by atoms with E-state index < -0.39 is 10.0 Å². The van der Waals surface area contributed by atoms with E-state index >= 15 is 0 Å². The van der Waals surface area contributed by atoms with Crippen LogP contribution in [-0.4, -0.2) is 73.1 Å². The number of sulfonamides is 1. The molecule has 1 aromatic heterocycles. The van der Waals surface area contributed by atoms with Gasteiger partial charge in [0.1, 0.15) is 5.00 Å². The smallest absolute Gasteiger partial charge is 0.257 e. The first-order valence-electron chi connectivity index (χ1n) is 13.7. The third-order valence-electron chi connectivity index (χ3n) is 7.68. The van der Waals surface area contributed by atoms with Crippen molar-refractivity contribution in [1.29, 1.82) is 0 Å². The van der Waals surface area contributed by atoms with Crippen LogP contribution in [0.5, 0.6) is 0 Å². The van der Waals surface area contributed by atoms with Crippen LogP contribution < -0.4 is 5.32 Å². The Balaban J connectivity index is 1.59. The zero-order chi connectivity index (χ0) is 27.6. The molecule has 1 aromatic carbocycles. The Bertz CT molecular complexity index is 1270. The van der Waals surface area contributed by atoms with Gasteiger partial charge in [0.05, 0.1) is 10.5 Å². The molecular weight excluding hydrogens is 520 g/mol. The first-order chi connectivity index (χ1) is 18.1. The molecule has 0 spiro atoms. The van der Waals surface area contributed by atoms with Gasteiger partial charge >= 0.3 is 0 Å². The molecule has 1 N–H and O–H groups in total. The number of rotatable bonds is 8. The Labute approximate surface area is 231 Å². The van der Waals surface area contributed by atoms with Crippen molar-refractivity contribution in [1.82, 2.24) is 14.1 Å². The number of piperidine rings is 1. The first-order valence-corrected chi connectivity index (χ1v) is 15.9. The van der Waals surface area contributed by atoms with Crippen molar-refractivity contribution in [3.63, 3.8) is 0 Å². The number of benzene rings is 1. The minimum atomic E-state index is -3.60. The predicted molar refractivity (Wildman–Crippen MR) is 152 cm³/mol. The maximum Gasteiger partial charge on any atom is 0.257 e. The first kappa shape index (κ1) is 28.7. The normalized spacial score (nSPS) is 18.8. The van der Waals surface area contributed by atoms with Crippen molar-refractivity contribution in [2.75, 3.05) is 38.0 Å². The second kappa shape index (κ2) is 11.9. The number of amides is 2. The Kier molecular flexibility index (Phi) is 8.96. The van der Waals surface area contributed by atoms with Crippen molar-refractivity contribution in [3.05, 3.63) is 45.8 Å². The highest BCUT2D eigenvalue weighted by Crippen LogP contribution is 2.38. The molecule has 2 aliphatic rings. The minimum absolute atomic E-state index is 0.0574. The Hall–Kier alpha value is -2.27. The SMILES string of the molecule is CCN(CC)C(=O)c1c(NC(=O)c2ccc(S(=O)(=O)N3CCCC(C)C3)cc2)sc2c1CCN(C(C)C)C2. The Morgan fingerprint density at radius 1 is 1.13 bits per heavy atom. The van der Waals surface area contributed by atoms with Gasteiger partial charge in [0.25, 0.3) is 11.8 Å². The molecule has 10 heteroatoms. The molecule has 4 rings (SSSR count). The average Bonchev–Trinajstić information content (AvgIpc) is 3.26. The lowest BCUT2D eigenvalue weighted by Crippen LogP contribution is -2.39. The van der Waals surface area contributed by atoms with Gasteiger partial charge in [-0.1, -0.05) is 6.92 Å². The summed E-state index contributed by atoms with van der Waals surface area (Å²) in [5.74, 6) is -0.0764. The molecule has 2 aliphatic heterocycles. The van der Waals surface area contributed by atoms with Crippen molar-refractivity contribution in [2.24, 2.45) is 5.92 Å². The van der Waals surface area contributed by atoms with E-state index in [0.29, 0.717) is 54.3 Å². The fourth-order valence-corrected chi connectivity index (χ4v) is 8.17. The third kappa shape index (κ3) is 5.83. The van der Waals surface area contributed by atoms with Crippen LogP contribution in [0.4, 0.5) is 5.00 Å². The molecule has 8 nitrogen and oxygen atoms in total. The maximum atomic E-state index is 13.5. The van der Waals surface area contributed by atoms with Crippen LogP contribution in [0.1, 0.15) is 78.6 Å². The highest BCUT2D eigenvalue weighted by atomic mass is 32.2. The number of carbonyl (C=O) groups excluding carboxylic acids is 2. The van der Waals surface area contributed by atoms with E-state index in [1.807, 2.05) is 13.8 Å². The average molecular weight is 561 g/mol. The zero-order valence-corrected chi connectivity index (χ0v) is 24.8. The van der Waals surface area contributed by atoms with Gasteiger partial charge in [0.2, 0.25) is 10.0 Å². The van der Waals surface area contributed by atoms with Gasteiger partial charge in [-0.05, 0) is 82.7 Å². The molecule has 1 fully saturated rings. The predicted octanol–water partition coefficient (Wildman–Crippen LogP) is 4.67. The van der Waals surface area contributed by atoms with E-state index in [4.69, 9.17) is 0 Å². The lowest BCUT2D eigenvalue weighted by atomic mass is 10.0. The quantitative estimate of drug-likeness (QED) is 0.507. The molecule has 38 heavy (non-hydrogen) atoms. The molecule has 0 bridgehead atoms. The monoisotopic (exact) mass is 560 g/mol. The van der Waals surface area contributed by atoms with Crippen LogP contribution in [0.2, 0.25) is 0 Å². The second-order valence-corrected chi connectivity index (χ2v) is 13.6. The van der Waals surface area contributed by atoms with Crippen LogP contribution in [0, 0.1) is 5.92 Å². The summed E-state index contributed by atoms with van der Waals surface area (Å²) in [4.78, 5) is 32.3. The highest BCUT2D eigenvalue weighted by molar-refractivity contribution is 7.89. The molecule has 3 heterocycles. The summed E-state index contributed by atoms with van der Waals surface area (Å²) in [6.07, 6.45) is 2.66. The van der Waals surface area contributed by atoms with Crippen molar-refractivity contribution in [3.8, 4) is 0 Å². The number of thiophene rings is 1. The number of anilines is 1. The Morgan fingerprint density at radius 2 is 1.82 bits per heavy atom. The van der Waals surface area contributed by atoms with E-state index in [0.717, 1.165) is 42.8 Å². The summed E-state index contributed by atoms with van der Waals surface area (Å²) in [5.41, 5.74) is 1.99. The summed E-state index contributed by atoms with van der Waals surface area (Å²) in [6, 6.07) is 6.51. The fraction of sp³-hybridized carbons (Fsp3) is 0.571. The van der Waals surface area contributed by atoms with Crippen molar-refractivity contribution >= 4 is 38.2 Å². The van der Waals surface area contributed by atoms with E-state index in [2.05, 4.69) is 31.0 Å². The number of hydrogen-bond donors (Lipinski definition) is 1. The standard InChI is InChI=1S/C28H40N4O4S2/c1-6-30(7-2)28(34)25-23-14-16-31(19(3)4)18-24(23)37-27(25)29-26(33)21-10-12-22(13-11-21)38(35,36)32-15-8-9-20(5)17-32/h10-13,19-20H,6-9,14-18H2,1-5H3,(H,29,33). The van der Waals surface area contributed by atoms with Crippen LogP contribution in [0.25, 0.3) is 0 Å². The van der Waals surface area contributed by atoms with Gasteiger partial charge in [0, 0.05) is 55.8 Å². The lowest BCUT2D eigenvalue weighted by Gasteiger charge is -2.30. The van der Waals surface area contributed by atoms with Crippen LogP contribution in [-0.2, 0) is 23.0 Å². The molecule has 0 aliphatic carbocycles. The van der Waals surface area contributed by atoms with Gasteiger partial charge < -0.3 is 10.2 Å². The maximum absolute atomic E-state index is 13.5. The van der Waals surface area contributed by atoms with Gasteiger partial charge in [0.15, 0.2) is 0 Å². The second-order valence-electron chi connectivity index (χ2n) is 10.6. The molecule has 1 atom stereocenters. The van der Waals surface area contributed by atoms with Crippen LogP contribution in [0.15, 0.2) is 29.2 Å². The van der Waals surface area contributed by atoms with E-state index in [1.165, 1.54) is 27.8 Å². The van der Waals surface area contributed by atoms with Crippen molar-refractivity contribution in [2.45, 2.75) is 71.4 Å². The topological polar surface area (TPSA) is 90.0 Å². The summed E-state index contributed by atoms with van der Waals surface area (Å²) in [7, 11) is -3.60. The molecule has 1 saturated heterocycles.